The van der Waals surface area contributed by atoms with Crippen molar-refractivity contribution >= 4 is 5.95 Å². The molecule has 0 saturated heterocycles. The number of nitrogens with one attached hydrogen (secondary N) is 2. The zero-order valence-electron chi connectivity index (χ0n) is 8.70. The minimum atomic E-state index is 0.811. The van der Waals surface area contributed by atoms with E-state index in [1.54, 1.807) is 0 Å². The van der Waals surface area contributed by atoms with Crippen LogP contribution < -0.4 is 5.32 Å². The molecule has 0 atom stereocenters. The molecule has 0 aliphatic heterocycles. The first-order chi connectivity index (χ1) is 7.38. The van der Waals surface area contributed by atoms with E-state index in [4.69, 9.17) is 0 Å². The molecule has 0 unspecified atom stereocenters. The van der Waals surface area contributed by atoms with Gasteiger partial charge in [-0.25, -0.2) is 4.98 Å². The first-order valence-electron chi connectivity index (χ1n) is 5.00. The number of nitrogens with zero attached hydrogens (tertiary/aromatic N) is 2. The van der Waals surface area contributed by atoms with Crippen molar-refractivity contribution in [2.45, 2.75) is 12.8 Å². The maximum absolute atomic E-state index is 4.27. The summed E-state index contributed by atoms with van der Waals surface area (Å²) in [7, 11) is 1.85. The zero-order valence-corrected chi connectivity index (χ0v) is 8.70. The first kappa shape index (κ1) is 9.71. The van der Waals surface area contributed by atoms with E-state index in [0.717, 1.165) is 30.2 Å². The summed E-state index contributed by atoms with van der Waals surface area (Å²) in [6.07, 6.45) is 5.55. The molecule has 0 fully saturated rings. The van der Waals surface area contributed by atoms with E-state index in [-0.39, 0.29) is 0 Å². The van der Waals surface area contributed by atoms with Gasteiger partial charge in [0.25, 0.3) is 0 Å². The molecule has 2 aromatic rings. The van der Waals surface area contributed by atoms with Crippen LogP contribution in [0.5, 0.6) is 0 Å². The number of pyridine rings is 1. The lowest BCUT2D eigenvalue weighted by molar-refractivity contribution is 0.889. The van der Waals surface area contributed by atoms with Gasteiger partial charge in [0.1, 0.15) is 0 Å². The van der Waals surface area contributed by atoms with E-state index < -0.39 is 0 Å². The third kappa shape index (κ3) is 2.56. The van der Waals surface area contributed by atoms with Crippen LogP contribution in [0.3, 0.4) is 0 Å². The van der Waals surface area contributed by atoms with Gasteiger partial charge in [0.15, 0.2) is 5.95 Å². The molecule has 0 aliphatic carbocycles. The Labute approximate surface area is 88.8 Å². The lowest BCUT2D eigenvalue weighted by atomic mass is 10.2. The topological polar surface area (TPSA) is 53.6 Å². The SMILES string of the molecule is CNc1ncc(CCc2ccccn2)[nH]1. The van der Waals surface area contributed by atoms with Crippen LogP contribution in [0.4, 0.5) is 5.95 Å². The van der Waals surface area contributed by atoms with Gasteiger partial charge >= 0.3 is 0 Å². The van der Waals surface area contributed by atoms with Crippen molar-refractivity contribution in [3.05, 3.63) is 42.0 Å². The van der Waals surface area contributed by atoms with Crippen molar-refractivity contribution in [2.24, 2.45) is 0 Å². The van der Waals surface area contributed by atoms with Crippen LogP contribution in [-0.4, -0.2) is 22.0 Å². The number of aryl methyl sites for hydroxylation is 2. The van der Waals surface area contributed by atoms with Crippen LogP contribution in [0.15, 0.2) is 30.6 Å². The summed E-state index contributed by atoms with van der Waals surface area (Å²) in [5, 5.41) is 2.96. The van der Waals surface area contributed by atoms with E-state index >= 15 is 0 Å². The molecular formula is C11H14N4. The largest absolute Gasteiger partial charge is 0.359 e. The molecule has 0 spiro atoms. The Hall–Kier alpha value is -1.84. The van der Waals surface area contributed by atoms with Gasteiger partial charge in [-0.2, -0.15) is 0 Å². The number of hydrogen-bond donors (Lipinski definition) is 2. The van der Waals surface area contributed by atoms with Crippen LogP contribution in [0.2, 0.25) is 0 Å². The van der Waals surface area contributed by atoms with Crippen LogP contribution in [0.25, 0.3) is 0 Å². The molecule has 2 N–H and O–H groups in total. The van der Waals surface area contributed by atoms with Gasteiger partial charge in [-0.1, -0.05) is 6.07 Å². The van der Waals surface area contributed by atoms with Crippen LogP contribution in [-0.2, 0) is 12.8 Å². The third-order valence-corrected chi connectivity index (χ3v) is 2.24. The van der Waals surface area contributed by atoms with Gasteiger partial charge < -0.3 is 10.3 Å². The van der Waals surface area contributed by atoms with Gasteiger partial charge in [-0.3, -0.25) is 4.98 Å². The summed E-state index contributed by atoms with van der Waals surface area (Å²) in [6.45, 7) is 0. The highest BCUT2D eigenvalue weighted by Crippen LogP contribution is 2.05. The van der Waals surface area contributed by atoms with E-state index in [9.17, 15) is 0 Å². The number of imidazole rings is 1. The number of anilines is 1. The Morgan fingerprint density at radius 1 is 1.27 bits per heavy atom. The van der Waals surface area contributed by atoms with Crippen LogP contribution in [0.1, 0.15) is 11.4 Å². The fraction of sp³-hybridized carbons (Fsp3) is 0.273. The molecule has 78 valence electrons. The standard InChI is InChI=1S/C11H14N4/c1-12-11-14-8-10(15-11)6-5-9-4-2-3-7-13-9/h2-4,7-8H,5-6H2,1H3,(H2,12,14,15). The van der Waals surface area contributed by atoms with Crippen molar-refractivity contribution < 1.29 is 0 Å². The summed E-state index contributed by atoms with van der Waals surface area (Å²) >= 11 is 0. The smallest absolute Gasteiger partial charge is 0.200 e. The Bertz CT molecular complexity index is 408. The summed E-state index contributed by atoms with van der Waals surface area (Å²) in [5.74, 6) is 0.811. The molecule has 15 heavy (non-hydrogen) atoms. The lowest BCUT2D eigenvalue weighted by Gasteiger charge is -1.97. The Kier molecular flexibility index (Phi) is 2.97. The second kappa shape index (κ2) is 4.59. The fourth-order valence-corrected chi connectivity index (χ4v) is 1.42. The molecule has 2 aromatic heterocycles. The Balaban J connectivity index is 1.93. The monoisotopic (exact) mass is 202 g/mol. The summed E-state index contributed by atoms with van der Waals surface area (Å²) in [4.78, 5) is 11.6. The average Bonchev–Trinajstić information content (AvgIpc) is 2.76. The number of H-pyrrole nitrogens is 1. The first-order valence-corrected chi connectivity index (χ1v) is 5.00. The molecule has 2 heterocycles. The van der Waals surface area contributed by atoms with E-state index in [2.05, 4.69) is 20.3 Å². The van der Waals surface area contributed by atoms with Crippen molar-refractivity contribution in [1.82, 2.24) is 15.0 Å². The highest BCUT2D eigenvalue weighted by atomic mass is 15.1. The number of hydrogen-bond acceptors (Lipinski definition) is 3. The molecule has 4 nitrogen and oxygen atoms in total. The molecule has 0 aliphatic rings. The Morgan fingerprint density at radius 3 is 2.87 bits per heavy atom. The van der Waals surface area contributed by atoms with E-state index in [0.29, 0.717) is 0 Å². The quantitative estimate of drug-likeness (QED) is 0.792. The van der Waals surface area contributed by atoms with Gasteiger partial charge in [-0.15, -0.1) is 0 Å². The van der Waals surface area contributed by atoms with Crippen LogP contribution >= 0.6 is 0 Å². The van der Waals surface area contributed by atoms with Crippen LogP contribution in [0, 0.1) is 0 Å². The summed E-state index contributed by atoms with van der Waals surface area (Å²) < 4.78 is 0. The van der Waals surface area contributed by atoms with Crippen molar-refractivity contribution in [1.29, 1.82) is 0 Å². The zero-order chi connectivity index (χ0) is 10.5. The molecule has 0 bridgehead atoms. The van der Waals surface area contributed by atoms with Gasteiger partial charge in [-0.05, 0) is 25.0 Å². The molecular weight excluding hydrogens is 188 g/mol. The molecule has 4 heteroatoms. The minimum Gasteiger partial charge on any atom is -0.359 e. The number of rotatable bonds is 4. The fourth-order valence-electron chi connectivity index (χ4n) is 1.42. The summed E-state index contributed by atoms with van der Waals surface area (Å²) in [6, 6.07) is 5.97. The average molecular weight is 202 g/mol. The van der Waals surface area contributed by atoms with E-state index in [1.807, 2.05) is 37.6 Å². The van der Waals surface area contributed by atoms with Gasteiger partial charge in [0.05, 0.1) is 6.20 Å². The maximum atomic E-state index is 4.27. The van der Waals surface area contributed by atoms with Crippen molar-refractivity contribution in [3.8, 4) is 0 Å². The molecule has 0 radical (unpaired) electrons. The van der Waals surface area contributed by atoms with Crippen molar-refractivity contribution in [3.63, 3.8) is 0 Å². The molecule has 0 amide bonds. The van der Waals surface area contributed by atoms with Crippen molar-refractivity contribution in [2.75, 3.05) is 12.4 Å². The number of aromatic amines is 1. The molecule has 0 aromatic carbocycles. The lowest BCUT2D eigenvalue weighted by Crippen LogP contribution is -1.94. The predicted octanol–water partition coefficient (Wildman–Crippen LogP) is 1.63. The Morgan fingerprint density at radius 2 is 2.20 bits per heavy atom. The molecule has 2 rings (SSSR count). The summed E-state index contributed by atoms with van der Waals surface area (Å²) in [5.41, 5.74) is 2.24. The van der Waals surface area contributed by atoms with Gasteiger partial charge in [0.2, 0.25) is 0 Å². The predicted molar refractivity (Wildman–Crippen MR) is 59.8 cm³/mol. The second-order valence-electron chi connectivity index (χ2n) is 3.33. The highest BCUT2D eigenvalue weighted by Gasteiger charge is 1.99. The minimum absolute atomic E-state index is 0.811. The van der Waals surface area contributed by atoms with Gasteiger partial charge in [0, 0.05) is 24.6 Å². The normalized spacial score (nSPS) is 10.2. The molecule has 0 saturated carbocycles. The number of aromatic nitrogens is 3. The third-order valence-electron chi connectivity index (χ3n) is 2.24. The highest BCUT2D eigenvalue weighted by molar-refractivity contribution is 5.25. The van der Waals surface area contributed by atoms with E-state index in [1.165, 1.54) is 0 Å². The maximum Gasteiger partial charge on any atom is 0.200 e. The second-order valence-corrected chi connectivity index (χ2v) is 3.33.